The van der Waals surface area contributed by atoms with Gasteiger partial charge in [0.15, 0.2) is 0 Å². The number of rotatable bonds is 4. The highest BCUT2D eigenvalue weighted by Gasteiger charge is 2.14. The van der Waals surface area contributed by atoms with Crippen LogP contribution in [-0.4, -0.2) is 6.54 Å². The first-order valence-corrected chi connectivity index (χ1v) is 7.34. The molecule has 0 bridgehead atoms. The summed E-state index contributed by atoms with van der Waals surface area (Å²) in [6.07, 6.45) is 1.02. The van der Waals surface area contributed by atoms with Crippen molar-refractivity contribution < 1.29 is 0 Å². The van der Waals surface area contributed by atoms with Crippen molar-refractivity contribution in [1.29, 1.82) is 0 Å². The van der Waals surface area contributed by atoms with E-state index in [2.05, 4.69) is 64.1 Å². The van der Waals surface area contributed by atoms with Crippen molar-refractivity contribution in [2.24, 2.45) is 5.73 Å². The second kappa shape index (κ2) is 6.23. The lowest BCUT2D eigenvalue weighted by Gasteiger charge is -2.20. The molecule has 106 valence electrons. The van der Waals surface area contributed by atoms with Crippen LogP contribution in [0, 0.1) is 27.7 Å². The van der Waals surface area contributed by atoms with Crippen molar-refractivity contribution in [1.82, 2.24) is 0 Å². The Balaban J connectivity index is 2.33. The fraction of sp³-hybridized carbons (Fsp3) is 0.368. The van der Waals surface area contributed by atoms with Gasteiger partial charge in [-0.25, -0.2) is 0 Å². The minimum atomic E-state index is 0.399. The summed E-state index contributed by atoms with van der Waals surface area (Å²) in [6, 6.07) is 13.3. The van der Waals surface area contributed by atoms with Crippen LogP contribution < -0.4 is 5.73 Å². The Kier molecular flexibility index (Phi) is 4.61. The Hall–Kier alpha value is -1.60. The third kappa shape index (κ3) is 3.29. The molecule has 0 aromatic heterocycles. The van der Waals surface area contributed by atoms with E-state index in [-0.39, 0.29) is 0 Å². The van der Waals surface area contributed by atoms with Crippen molar-refractivity contribution in [3.63, 3.8) is 0 Å². The van der Waals surface area contributed by atoms with E-state index in [4.69, 9.17) is 5.73 Å². The van der Waals surface area contributed by atoms with Gasteiger partial charge in [-0.2, -0.15) is 0 Å². The lowest BCUT2D eigenvalue weighted by Crippen LogP contribution is -2.17. The zero-order chi connectivity index (χ0) is 14.7. The monoisotopic (exact) mass is 267 g/mol. The molecule has 2 rings (SSSR count). The number of nitrogens with two attached hydrogens (primary N) is 1. The van der Waals surface area contributed by atoms with E-state index in [0.29, 0.717) is 12.5 Å². The quantitative estimate of drug-likeness (QED) is 0.882. The van der Waals surface area contributed by atoms with E-state index < -0.39 is 0 Å². The SMILES string of the molecule is Cc1ccc(C)c(CC(CN)c2cc(C)ccc2C)c1. The van der Waals surface area contributed by atoms with Crippen LogP contribution in [-0.2, 0) is 6.42 Å². The van der Waals surface area contributed by atoms with Crippen LogP contribution in [0.15, 0.2) is 36.4 Å². The molecule has 0 aliphatic rings. The fourth-order valence-electron chi connectivity index (χ4n) is 2.81. The van der Waals surface area contributed by atoms with Gasteiger partial charge in [0.05, 0.1) is 0 Å². The molecule has 0 aliphatic carbocycles. The molecular weight excluding hydrogens is 242 g/mol. The summed E-state index contributed by atoms with van der Waals surface area (Å²) in [5.74, 6) is 0.399. The smallest absolute Gasteiger partial charge is 0.000439 e. The van der Waals surface area contributed by atoms with Crippen molar-refractivity contribution >= 4 is 0 Å². The minimum Gasteiger partial charge on any atom is -0.330 e. The zero-order valence-corrected chi connectivity index (χ0v) is 13.0. The second-order valence-electron chi connectivity index (χ2n) is 5.93. The lowest BCUT2D eigenvalue weighted by atomic mass is 9.86. The van der Waals surface area contributed by atoms with Crippen molar-refractivity contribution in [2.75, 3.05) is 6.54 Å². The fourth-order valence-corrected chi connectivity index (χ4v) is 2.81. The van der Waals surface area contributed by atoms with Crippen LogP contribution in [0.5, 0.6) is 0 Å². The number of aryl methyl sites for hydroxylation is 4. The predicted molar refractivity (Wildman–Crippen MR) is 87.3 cm³/mol. The minimum absolute atomic E-state index is 0.399. The van der Waals surface area contributed by atoms with E-state index in [1.165, 1.54) is 33.4 Å². The summed E-state index contributed by atoms with van der Waals surface area (Å²) in [5, 5.41) is 0. The van der Waals surface area contributed by atoms with Crippen LogP contribution in [0.4, 0.5) is 0 Å². The van der Waals surface area contributed by atoms with E-state index in [1.807, 2.05) is 0 Å². The summed E-state index contributed by atoms with van der Waals surface area (Å²) in [4.78, 5) is 0. The highest BCUT2D eigenvalue weighted by atomic mass is 14.5. The van der Waals surface area contributed by atoms with Crippen molar-refractivity contribution in [3.05, 3.63) is 69.8 Å². The Bertz CT molecular complexity index is 599. The number of hydrogen-bond donors (Lipinski definition) is 1. The van der Waals surface area contributed by atoms with Crippen LogP contribution in [0.1, 0.15) is 39.3 Å². The van der Waals surface area contributed by atoms with Gasteiger partial charge in [0.1, 0.15) is 0 Å². The predicted octanol–water partition coefficient (Wildman–Crippen LogP) is 4.21. The van der Waals surface area contributed by atoms with Crippen LogP contribution in [0.2, 0.25) is 0 Å². The van der Waals surface area contributed by atoms with Crippen LogP contribution >= 0.6 is 0 Å². The first-order valence-electron chi connectivity index (χ1n) is 7.34. The van der Waals surface area contributed by atoms with Gasteiger partial charge in [-0.3, -0.25) is 0 Å². The molecule has 0 fully saturated rings. The molecule has 0 aliphatic heterocycles. The maximum absolute atomic E-state index is 6.06. The molecule has 0 spiro atoms. The normalized spacial score (nSPS) is 12.4. The molecule has 0 saturated carbocycles. The molecule has 0 heterocycles. The van der Waals surface area contributed by atoms with Gasteiger partial charge in [0, 0.05) is 5.92 Å². The highest BCUT2D eigenvalue weighted by molar-refractivity contribution is 5.37. The van der Waals surface area contributed by atoms with Gasteiger partial charge in [-0.15, -0.1) is 0 Å². The van der Waals surface area contributed by atoms with E-state index in [9.17, 15) is 0 Å². The number of hydrogen-bond acceptors (Lipinski definition) is 1. The molecule has 1 atom stereocenters. The standard InChI is InChI=1S/C19H25N/c1-13-5-7-15(3)17(9-13)11-18(12-20)19-10-14(2)6-8-16(19)4/h5-10,18H,11-12,20H2,1-4H3. The third-order valence-corrected chi connectivity index (χ3v) is 4.13. The molecule has 1 heteroatoms. The van der Waals surface area contributed by atoms with Crippen molar-refractivity contribution in [3.8, 4) is 0 Å². The van der Waals surface area contributed by atoms with Gasteiger partial charge in [-0.05, 0) is 62.9 Å². The van der Waals surface area contributed by atoms with Crippen molar-refractivity contribution in [2.45, 2.75) is 40.0 Å². The van der Waals surface area contributed by atoms with E-state index >= 15 is 0 Å². The maximum atomic E-state index is 6.06. The van der Waals surface area contributed by atoms with E-state index in [0.717, 1.165) is 6.42 Å². The molecule has 0 saturated heterocycles. The average Bonchev–Trinajstić information content (AvgIpc) is 2.42. The summed E-state index contributed by atoms with van der Waals surface area (Å²) in [5.41, 5.74) is 14.2. The molecule has 2 N–H and O–H groups in total. The molecule has 0 amide bonds. The van der Waals surface area contributed by atoms with Gasteiger partial charge < -0.3 is 5.73 Å². The lowest BCUT2D eigenvalue weighted by molar-refractivity contribution is 0.686. The maximum Gasteiger partial charge on any atom is 0.000439 e. The van der Waals surface area contributed by atoms with Crippen LogP contribution in [0.25, 0.3) is 0 Å². The highest BCUT2D eigenvalue weighted by Crippen LogP contribution is 2.26. The molecular formula is C19H25N. The van der Waals surface area contributed by atoms with Gasteiger partial charge in [0.2, 0.25) is 0 Å². The molecule has 1 unspecified atom stereocenters. The van der Waals surface area contributed by atoms with Crippen LogP contribution in [0.3, 0.4) is 0 Å². The molecule has 1 nitrogen and oxygen atoms in total. The zero-order valence-electron chi connectivity index (χ0n) is 13.0. The molecule has 0 radical (unpaired) electrons. The van der Waals surface area contributed by atoms with Gasteiger partial charge in [-0.1, -0.05) is 47.5 Å². The summed E-state index contributed by atoms with van der Waals surface area (Å²) in [7, 11) is 0. The largest absolute Gasteiger partial charge is 0.330 e. The summed E-state index contributed by atoms with van der Waals surface area (Å²) >= 11 is 0. The van der Waals surface area contributed by atoms with Gasteiger partial charge >= 0.3 is 0 Å². The first-order chi connectivity index (χ1) is 9.51. The molecule has 2 aromatic carbocycles. The second-order valence-corrected chi connectivity index (χ2v) is 5.93. The average molecular weight is 267 g/mol. The Morgan fingerprint density at radius 2 is 1.45 bits per heavy atom. The Labute approximate surface area is 122 Å². The summed E-state index contributed by atoms with van der Waals surface area (Å²) in [6.45, 7) is 9.36. The number of benzene rings is 2. The first kappa shape index (κ1) is 14.8. The van der Waals surface area contributed by atoms with Gasteiger partial charge in [0.25, 0.3) is 0 Å². The third-order valence-electron chi connectivity index (χ3n) is 4.13. The molecule has 20 heavy (non-hydrogen) atoms. The Morgan fingerprint density at radius 1 is 0.850 bits per heavy atom. The topological polar surface area (TPSA) is 26.0 Å². The molecule has 2 aromatic rings. The van der Waals surface area contributed by atoms with E-state index in [1.54, 1.807) is 0 Å². The Morgan fingerprint density at radius 3 is 2.10 bits per heavy atom. The summed E-state index contributed by atoms with van der Waals surface area (Å²) < 4.78 is 0.